The van der Waals surface area contributed by atoms with E-state index in [-0.39, 0.29) is 11.6 Å². The van der Waals surface area contributed by atoms with Gasteiger partial charge in [-0.05, 0) is 67.3 Å². The Morgan fingerprint density at radius 1 is 1.00 bits per heavy atom. The maximum atomic E-state index is 13.9. The highest BCUT2D eigenvalue weighted by Gasteiger charge is 2.29. The van der Waals surface area contributed by atoms with Crippen LogP contribution < -0.4 is 10.9 Å². The van der Waals surface area contributed by atoms with Crippen LogP contribution in [0.3, 0.4) is 0 Å². The number of amides is 2. The number of hydrogen-bond donors (Lipinski definition) is 1. The van der Waals surface area contributed by atoms with Crippen molar-refractivity contribution >= 4 is 45.8 Å². The summed E-state index contributed by atoms with van der Waals surface area (Å²) in [6.07, 6.45) is 4.26. The molecule has 4 aromatic rings. The van der Waals surface area contributed by atoms with E-state index in [0.29, 0.717) is 45.4 Å². The summed E-state index contributed by atoms with van der Waals surface area (Å²) in [4.78, 5) is 34.5. The summed E-state index contributed by atoms with van der Waals surface area (Å²) in [5.74, 6) is 0.527. The number of hydrogen-bond acceptors (Lipinski definition) is 3. The van der Waals surface area contributed by atoms with Crippen molar-refractivity contribution < 1.29 is 4.79 Å². The van der Waals surface area contributed by atoms with Gasteiger partial charge in [0.15, 0.2) is 0 Å². The second-order valence-electron chi connectivity index (χ2n) is 9.53. The minimum atomic E-state index is -0.462. The lowest BCUT2D eigenvalue weighted by Gasteiger charge is -2.32. The maximum absolute atomic E-state index is 13.9. The maximum Gasteiger partial charge on any atom is 0.322 e. The van der Waals surface area contributed by atoms with Gasteiger partial charge in [0.2, 0.25) is 0 Å². The van der Waals surface area contributed by atoms with Crippen LogP contribution in [-0.4, -0.2) is 27.0 Å². The van der Waals surface area contributed by atoms with E-state index in [1.807, 2.05) is 49.4 Å². The Bertz CT molecular complexity index is 1500. The average Bonchev–Trinajstić information content (AvgIpc) is 2.94. The number of rotatable bonds is 10. The molecule has 39 heavy (non-hydrogen) atoms. The fraction of sp³-hybridized carbons (Fsp3) is 0.323. The van der Waals surface area contributed by atoms with Crippen molar-refractivity contribution in [2.75, 3.05) is 11.9 Å². The molecule has 1 atom stereocenters. The first-order chi connectivity index (χ1) is 18.9. The highest BCUT2D eigenvalue weighted by molar-refractivity contribution is 6.36. The van der Waals surface area contributed by atoms with Crippen LogP contribution in [0.1, 0.15) is 63.9 Å². The highest BCUT2D eigenvalue weighted by atomic mass is 35.5. The largest absolute Gasteiger partial charge is 0.322 e. The zero-order valence-corrected chi connectivity index (χ0v) is 24.1. The number of halogens is 2. The Labute approximate surface area is 239 Å². The Morgan fingerprint density at radius 2 is 1.74 bits per heavy atom. The molecular weight excluding hydrogens is 531 g/mol. The summed E-state index contributed by atoms with van der Waals surface area (Å²) in [5, 5.41) is 4.33. The van der Waals surface area contributed by atoms with E-state index >= 15 is 0 Å². The Hall–Kier alpha value is -3.35. The lowest BCUT2D eigenvalue weighted by molar-refractivity contribution is 0.179. The number of aromatic nitrogens is 2. The van der Waals surface area contributed by atoms with Crippen LogP contribution in [0.15, 0.2) is 71.5 Å². The molecule has 4 rings (SSSR count). The predicted molar refractivity (Wildman–Crippen MR) is 161 cm³/mol. The number of fused-ring (bicyclic) bond motifs is 1. The Kier molecular flexibility index (Phi) is 9.65. The third-order valence-electron chi connectivity index (χ3n) is 6.90. The standard InChI is InChI=1S/C31H34Cl2N4O2/c1-4-7-10-19-36(31(39)35-27-18-15-22(32)20-25(27)33)28(6-3)29-34-26-12-9-8-11-24(26)30(38)37(29)23-16-13-21(5-2)14-17-23/h8-9,11-18,20,28H,4-7,10,19H2,1-3H3,(H,35,39). The SMILES string of the molecule is CCCCCN(C(=O)Nc1ccc(Cl)cc1Cl)C(CC)c1nc2ccccc2c(=O)n1-c1ccc(CC)cc1. The first kappa shape index (κ1) is 28.7. The van der Waals surface area contributed by atoms with Gasteiger partial charge in [-0.1, -0.05) is 81.1 Å². The fourth-order valence-corrected chi connectivity index (χ4v) is 5.21. The monoisotopic (exact) mass is 564 g/mol. The molecule has 8 heteroatoms. The molecule has 1 aromatic heterocycles. The number of carbonyl (C=O) groups is 1. The molecule has 1 heterocycles. The average molecular weight is 566 g/mol. The van der Waals surface area contributed by atoms with Gasteiger partial charge in [-0.3, -0.25) is 9.36 Å². The van der Waals surface area contributed by atoms with Gasteiger partial charge in [0, 0.05) is 11.6 Å². The molecule has 6 nitrogen and oxygen atoms in total. The second kappa shape index (κ2) is 13.1. The molecule has 0 spiro atoms. The summed E-state index contributed by atoms with van der Waals surface area (Å²) in [6.45, 7) is 6.72. The number of anilines is 1. The molecule has 3 aromatic carbocycles. The zero-order valence-electron chi connectivity index (χ0n) is 22.6. The van der Waals surface area contributed by atoms with Crippen LogP contribution >= 0.6 is 23.2 Å². The van der Waals surface area contributed by atoms with Crippen molar-refractivity contribution in [1.82, 2.24) is 14.5 Å². The minimum absolute atomic E-state index is 0.159. The summed E-state index contributed by atoms with van der Waals surface area (Å²) < 4.78 is 1.66. The molecule has 0 saturated heterocycles. The van der Waals surface area contributed by atoms with Crippen LogP contribution in [-0.2, 0) is 6.42 Å². The molecule has 0 fully saturated rings. The van der Waals surface area contributed by atoms with E-state index < -0.39 is 6.04 Å². The molecule has 1 unspecified atom stereocenters. The van der Waals surface area contributed by atoms with Crippen LogP contribution in [0.2, 0.25) is 10.0 Å². The summed E-state index contributed by atoms with van der Waals surface area (Å²) in [5.41, 5.74) is 2.81. The van der Waals surface area contributed by atoms with Gasteiger partial charge in [0.05, 0.1) is 33.3 Å². The number of benzene rings is 3. The van der Waals surface area contributed by atoms with Crippen molar-refractivity contribution in [3.05, 3.63) is 98.5 Å². The molecule has 0 aliphatic rings. The summed E-state index contributed by atoms with van der Waals surface area (Å²) >= 11 is 12.4. The Balaban J connectivity index is 1.85. The molecule has 0 aliphatic carbocycles. The molecule has 0 bridgehead atoms. The molecule has 204 valence electrons. The smallest absolute Gasteiger partial charge is 0.314 e. The van der Waals surface area contributed by atoms with Gasteiger partial charge in [-0.25, -0.2) is 9.78 Å². The van der Waals surface area contributed by atoms with Crippen molar-refractivity contribution in [2.45, 2.75) is 58.9 Å². The van der Waals surface area contributed by atoms with E-state index in [0.717, 1.165) is 31.4 Å². The number of nitrogens with zero attached hydrogens (tertiary/aromatic N) is 3. The molecule has 0 saturated carbocycles. The van der Waals surface area contributed by atoms with Crippen molar-refractivity contribution in [1.29, 1.82) is 0 Å². The van der Waals surface area contributed by atoms with Gasteiger partial charge in [0.1, 0.15) is 5.82 Å². The third kappa shape index (κ3) is 6.45. The van der Waals surface area contributed by atoms with E-state index in [9.17, 15) is 9.59 Å². The molecule has 1 N–H and O–H groups in total. The van der Waals surface area contributed by atoms with E-state index in [4.69, 9.17) is 28.2 Å². The lowest BCUT2D eigenvalue weighted by Crippen LogP contribution is -2.41. The molecule has 0 aliphatic heterocycles. The van der Waals surface area contributed by atoms with Gasteiger partial charge < -0.3 is 10.2 Å². The number of carbonyl (C=O) groups excluding carboxylic acids is 1. The number of urea groups is 1. The zero-order chi connectivity index (χ0) is 27.9. The minimum Gasteiger partial charge on any atom is -0.314 e. The predicted octanol–water partition coefficient (Wildman–Crippen LogP) is 8.43. The normalized spacial score (nSPS) is 11.9. The van der Waals surface area contributed by atoms with Crippen molar-refractivity contribution in [3.8, 4) is 5.69 Å². The fourth-order valence-electron chi connectivity index (χ4n) is 4.75. The van der Waals surface area contributed by atoms with E-state index in [1.165, 1.54) is 5.56 Å². The topological polar surface area (TPSA) is 67.2 Å². The van der Waals surface area contributed by atoms with Crippen LogP contribution in [0.5, 0.6) is 0 Å². The summed E-state index contributed by atoms with van der Waals surface area (Å²) in [7, 11) is 0. The van der Waals surface area contributed by atoms with Crippen LogP contribution in [0.25, 0.3) is 16.6 Å². The number of aryl methyl sites for hydroxylation is 1. The van der Waals surface area contributed by atoms with Crippen LogP contribution in [0, 0.1) is 0 Å². The van der Waals surface area contributed by atoms with Gasteiger partial charge >= 0.3 is 6.03 Å². The van der Waals surface area contributed by atoms with E-state index in [2.05, 4.69) is 19.2 Å². The highest BCUT2D eigenvalue weighted by Crippen LogP contribution is 2.30. The van der Waals surface area contributed by atoms with Gasteiger partial charge in [-0.2, -0.15) is 0 Å². The van der Waals surface area contributed by atoms with E-state index in [1.54, 1.807) is 33.7 Å². The second-order valence-corrected chi connectivity index (χ2v) is 10.4. The number of nitrogens with one attached hydrogen (secondary N) is 1. The number of unbranched alkanes of at least 4 members (excludes halogenated alkanes) is 2. The quantitative estimate of drug-likeness (QED) is 0.196. The summed E-state index contributed by atoms with van der Waals surface area (Å²) in [6, 6.07) is 19.5. The van der Waals surface area contributed by atoms with Crippen molar-refractivity contribution in [3.63, 3.8) is 0 Å². The molecule has 0 radical (unpaired) electrons. The lowest BCUT2D eigenvalue weighted by atomic mass is 10.1. The van der Waals surface area contributed by atoms with Gasteiger partial charge in [-0.15, -0.1) is 0 Å². The number of para-hydroxylation sites is 1. The van der Waals surface area contributed by atoms with Gasteiger partial charge in [0.25, 0.3) is 5.56 Å². The first-order valence-electron chi connectivity index (χ1n) is 13.5. The van der Waals surface area contributed by atoms with Crippen LogP contribution in [0.4, 0.5) is 10.5 Å². The van der Waals surface area contributed by atoms with Crippen molar-refractivity contribution in [2.24, 2.45) is 0 Å². The molecular formula is C31H34Cl2N4O2. The molecule has 2 amide bonds. The first-order valence-corrected chi connectivity index (χ1v) is 14.3. The Morgan fingerprint density at radius 3 is 2.41 bits per heavy atom. The third-order valence-corrected chi connectivity index (χ3v) is 7.45.